The van der Waals surface area contributed by atoms with E-state index in [1.54, 1.807) is 17.0 Å². The van der Waals surface area contributed by atoms with Crippen molar-refractivity contribution in [3.8, 4) is 23.2 Å². The van der Waals surface area contributed by atoms with Crippen molar-refractivity contribution in [3.63, 3.8) is 0 Å². The van der Waals surface area contributed by atoms with Crippen LogP contribution in [0.3, 0.4) is 0 Å². The Morgan fingerprint density at radius 2 is 1.97 bits per heavy atom. The van der Waals surface area contributed by atoms with Crippen molar-refractivity contribution in [2.75, 3.05) is 6.54 Å². The summed E-state index contributed by atoms with van der Waals surface area (Å²) in [6.07, 6.45) is 4.85. The number of fused-ring (bicyclic) bond motifs is 1. The minimum Gasteiger partial charge on any atom is -0.454 e. The summed E-state index contributed by atoms with van der Waals surface area (Å²) in [6.45, 7) is 3.85. The summed E-state index contributed by atoms with van der Waals surface area (Å²) in [5.74, 6) is 0.0846. The smallest absolute Gasteiger partial charge is 0.262 e. The fourth-order valence-corrected chi connectivity index (χ4v) is 3.06. The van der Waals surface area contributed by atoms with Gasteiger partial charge in [0.15, 0.2) is 5.76 Å². The third-order valence-electron chi connectivity index (χ3n) is 4.49. The molecule has 4 rings (SSSR count). The second-order valence-corrected chi connectivity index (χ2v) is 6.53. The van der Waals surface area contributed by atoms with Gasteiger partial charge in [-0.15, -0.1) is 6.58 Å². The van der Waals surface area contributed by atoms with Crippen LogP contribution in [0.1, 0.15) is 5.56 Å². The normalized spacial score (nSPS) is 11.2. The summed E-state index contributed by atoms with van der Waals surface area (Å²) in [6, 6.07) is 21.1. The third-order valence-corrected chi connectivity index (χ3v) is 4.49. The van der Waals surface area contributed by atoms with E-state index in [1.165, 1.54) is 6.08 Å². The Kier molecular flexibility index (Phi) is 5.27. The molecule has 2 aromatic carbocycles. The topological polar surface area (TPSA) is 83.9 Å². The molecule has 1 amide bonds. The number of furan rings is 1. The molecule has 2 aromatic heterocycles. The molecular formula is C24H18N4O2. The van der Waals surface area contributed by atoms with Gasteiger partial charge >= 0.3 is 0 Å². The van der Waals surface area contributed by atoms with Crippen LogP contribution in [0, 0.1) is 11.3 Å². The summed E-state index contributed by atoms with van der Waals surface area (Å²) in [4.78, 5) is 12.3. The van der Waals surface area contributed by atoms with Gasteiger partial charge in [-0.05, 0) is 30.3 Å². The Morgan fingerprint density at radius 1 is 1.20 bits per heavy atom. The van der Waals surface area contributed by atoms with Gasteiger partial charge in [0, 0.05) is 23.7 Å². The highest BCUT2D eigenvalue weighted by Gasteiger charge is 2.17. The zero-order valence-corrected chi connectivity index (χ0v) is 16.1. The molecule has 6 nitrogen and oxygen atoms in total. The van der Waals surface area contributed by atoms with E-state index in [9.17, 15) is 10.1 Å². The Labute approximate surface area is 173 Å². The van der Waals surface area contributed by atoms with Gasteiger partial charge in [-0.3, -0.25) is 4.79 Å². The van der Waals surface area contributed by atoms with E-state index in [-0.39, 0.29) is 12.1 Å². The van der Waals surface area contributed by atoms with Gasteiger partial charge in [0.1, 0.15) is 22.9 Å². The van der Waals surface area contributed by atoms with E-state index in [2.05, 4.69) is 17.0 Å². The maximum absolute atomic E-state index is 12.3. The van der Waals surface area contributed by atoms with Gasteiger partial charge in [-0.2, -0.15) is 10.4 Å². The lowest BCUT2D eigenvalue weighted by Gasteiger charge is -2.00. The summed E-state index contributed by atoms with van der Waals surface area (Å²) in [5, 5.41) is 17.7. The van der Waals surface area contributed by atoms with Crippen LogP contribution in [0.4, 0.5) is 0 Å². The number of carbonyl (C=O) groups is 1. The van der Waals surface area contributed by atoms with Crippen LogP contribution >= 0.6 is 0 Å². The average molecular weight is 394 g/mol. The predicted molar refractivity (Wildman–Crippen MR) is 116 cm³/mol. The maximum atomic E-state index is 12.3. The Morgan fingerprint density at radius 3 is 2.70 bits per heavy atom. The van der Waals surface area contributed by atoms with Crippen molar-refractivity contribution in [2.24, 2.45) is 0 Å². The predicted octanol–water partition coefficient (Wildman–Crippen LogP) is 4.49. The molecule has 4 aromatic rings. The molecule has 146 valence electrons. The molecule has 30 heavy (non-hydrogen) atoms. The van der Waals surface area contributed by atoms with E-state index >= 15 is 0 Å². The minimum absolute atomic E-state index is 0.0261. The SMILES string of the molecule is C=CCNC(=O)C(C#N)=Cc1cn(-c2ccccc2)nc1-c1cc2ccccc2o1. The van der Waals surface area contributed by atoms with E-state index < -0.39 is 5.91 Å². The van der Waals surface area contributed by atoms with Crippen LogP contribution in [0.25, 0.3) is 34.2 Å². The average Bonchev–Trinajstić information content (AvgIpc) is 3.40. The van der Waals surface area contributed by atoms with Gasteiger partial charge in [-0.25, -0.2) is 4.68 Å². The lowest BCUT2D eigenvalue weighted by Crippen LogP contribution is -2.24. The lowest BCUT2D eigenvalue weighted by molar-refractivity contribution is -0.116. The number of nitriles is 1. The summed E-state index contributed by atoms with van der Waals surface area (Å²) in [5.41, 5.74) is 2.70. The quantitative estimate of drug-likeness (QED) is 0.297. The van der Waals surface area contributed by atoms with Crippen molar-refractivity contribution in [3.05, 3.63) is 90.7 Å². The number of para-hydroxylation sites is 2. The number of hydrogen-bond donors (Lipinski definition) is 1. The number of hydrogen-bond acceptors (Lipinski definition) is 4. The van der Waals surface area contributed by atoms with Crippen LogP contribution in [0.5, 0.6) is 0 Å². The number of nitrogens with zero attached hydrogens (tertiary/aromatic N) is 3. The third kappa shape index (κ3) is 3.77. The molecule has 0 aliphatic carbocycles. The number of amides is 1. The molecule has 0 fully saturated rings. The highest BCUT2D eigenvalue weighted by molar-refractivity contribution is 6.02. The molecule has 0 aliphatic heterocycles. The first-order valence-corrected chi connectivity index (χ1v) is 9.34. The van der Waals surface area contributed by atoms with Crippen LogP contribution in [-0.4, -0.2) is 22.2 Å². The zero-order chi connectivity index (χ0) is 20.9. The molecule has 0 saturated heterocycles. The first-order valence-electron chi connectivity index (χ1n) is 9.34. The lowest BCUT2D eigenvalue weighted by atomic mass is 10.1. The van der Waals surface area contributed by atoms with E-state index in [1.807, 2.05) is 66.7 Å². The fraction of sp³-hybridized carbons (Fsp3) is 0.0417. The summed E-state index contributed by atoms with van der Waals surface area (Å²) in [7, 11) is 0. The van der Waals surface area contributed by atoms with Gasteiger partial charge in [0.25, 0.3) is 5.91 Å². The molecule has 0 radical (unpaired) electrons. The van der Waals surface area contributed by atoms with Crippen LogP contribution in [-0.2, 0) is 4.79 Å². The Balaban J connectivity index is 1.84. The van der Waals surface area contributed by atoms with Crippen molar-refractivity contribution < 1.29 is 9.21 Å². The molecule has 0 aliphatic rings. The molecule has 0 spiro atoms. The molecule has 1 N–H and O–H groups in total. The number of rotatable bonds is 6. The van der Waals surface area contributed by atoms with Crippen LogP contribution in [0.2, 0.25) is 0 Å². The summed E-state index contributed by atoms with van der Waals surface area (Å²) < 4.78 is 7.68. The Bertz CT molecular complexity index is 1260. The van der Waals surface area contributed by atoms with Gasteiger partial charge < -0.3 is 9.73 Å². The van der Waals surface area contributed by atoms with Crippen molar-refractivity contribution in [1.82, 2.24) is 15.1 Å². The minimum atomic E-state index is -0.472. The van der Waals surface area contributed by atoms with Crippen molar-refractivity contribution in [2.45, 2.75) is 0 Å². The monoisotopic (exact) mass is 394 g/mol. The largest absolute Gasteiger partial charge is 0.454 e. The first-order chi connectivity index (χ1) is 14.7. The van der Waals surface area contributed by atoms with E-state index in [0.717, 1.165) is 16.7 Å². The zero-order valence-electron chi connectivity index (χ0n) is 16.1. The fourth-order valence-electron chi connectivity index (χ4n) is 3.06. The summed E-state index contributed by atoms with van der Waals surface area (Å²) >= 11 is 0. The molecular weight excluding hydrogens is 376 g/mol. The van der Waals surface area contributed by atoms with Gasteiger partial charge in [0.05, 0.1) is 5.69 Å². The second-order valence-electron chi connectivity index (χ2n) is 6.53. The standard InChI is InChI=1S/C24H18N4O2/c1-2-12-26-24(29)18(15-25)13-19-16-28(20-9-4-3-5-10-20)27-23(19)22-14-17-8-6-7-11-21(17)30-22/h2-11,13-14,16H,1,12H2,(H,26,29). The molecule has 6 heteroatoms. The van der Waals surface area contributed by atoms with Crippen molar-refractivity contribution >= 4 is 23.0 Å². The number of nitrogens with one attached hydrogen (secondary N) is 1. The van der Waals surface area contributed by atoms with E-state index in [4.69, 9.17) is 4.42 Å². The molecule has 0 saturated carbocycles. The van der Waals surface area contributed by atoms with Gasteiger partial charge in [0.2, 0.25) is 0 Å². The maximum Gasteiger partial charge on any atom is 0.262 e. The van der Waals surface area contributed by atoms with Crippen molar-refractivity contribution in [1.29, 1.82) is 5.26 Å². The highest BCUT2D eigenvalue weighted by Crippen LogP contribution is 2.31. The molecule has 0 atom stereocenters. The van der Waals surface area contributed by atoms with E-state index in [0.29, 0.717) is 17.0 Å². The van der Waals surface area contributed by atoms with Gasteiger partial charge in [-0.1, -0.05) is 42.5 Å². The first kappa shape index (κ1) is 19.0. The van der Waals surface area contributed by atoms with Crippen LogP contribution in [0.15, 0.2) is 89.5 Å². The highest BCUT2D eigenvalue weighted by atomic mass is 16.3. The second kappa shape index (κ2) is 8.33. The molecule has 2 heterocycles. The van der Waals surface area contributed by atoms with Crippen LogP contribution < -0.4 is 5.32 Å². The Hall–Kier alpha value is -4.37. The molecule has 0 bridgehead atoms. The number of benzene rings is 2. The number of aromatic nitrogens is 2. The molecule has 0 unspecified atom stereocenters. The number of carbonyl (C=O) groups excluding carboxylic acids is 1.